The number of rotatable bonds is 6. The molecule has 1 heterocycles. The third-order valence-corrected chi connectivity index (χ3v) is 6.48. The molecule has 35 heavy (non-hydrogen) atoms. The second-order valence-electron chi connectivity index (χ2n) is 8.31. The number of aryl methyl sites for hydroxylation is 1. The van der Waals surface area contributed by atoms with Gasteiger partial charge in [0.05, 0.1) is 23.4 Å². The Bertz CT molecular complexity index is 1420. The number of thiocarbonyl (C=S) groups is 1. The van der Waals surface area contributed by atoms with Gasteiger partial charge < -0.3 is 14.5 Å². The lowest BCUT2D eigenvalue weighted by atomic mass is 9.98. The zero-order valence-corrected chi connectivity index (χ0v) is 21.5. The van der Waals surface area contributed by atoms with Crippen molar-refractivity contribution in [1.82, 2.24) is 10.3 Å². The molecular formula is C27H26ClN3O3S. The van der Waals surface area contributed by atoms with E-state index < -0.39 is 0 Å². The number of aromatic nitrogens is 1. The van der Waals surface area contributed by atoms with Crippen molar-refractivity contribution in [2.45, 2.75) is 33.1 Å². The fourth-order valence-corrected chi connectivity index (χ4v) is 4.16. The summed E-state index contributed by atoms with van der Waals surface area (Å²) in [5.41, 5.74) is 5.23. The van der Waals surface area contributed by atoms with Crippen molar-refractivity contribution in [2.24, 2.45) is 0 Å². The summed E-state index contributed by atoms with van der Waals surface area (Å²) in [6.45, 7) is 6.22. The van der Waals surface area contributed by atoms with Gasteiger partial charge in [-0.1, -0.05) is 43.6 Å². The lowest BCUT2D eigenvalue weighted by Gasteiger charge is -2.14. The average molecular weight is 508 g/mol. The number of amides is 1. The maximum absolute atomic E-state index is 12.8. The molecule has 1 amide bonds. The van der Waals surface area contributed by atoms with E-state index in [-0.39, 0.29) is 11.0 Å². The summed E-state index contributed by atoms with van der Waals surface area (Å²) >= 11 is 11.8. The predicted octanol–water partition coefficient (Wildman–Crippen LogP) is 7.11. The molecule has 0 fully saturated rings. The van der Waals surface area contributed by atoms with E-state index >= 15 is 0 Å². The number of carbonyl (C=O) groups is 1. The monoisotopic (exact) mass is 507 g/mol. The van der Waals surface area contributed by atoms with Gasteiger partial charge in [0.15, 0.2) is 10.7 Å². The van der Waals surface area contributed by atoms with Crippen LogP contribution in [0.25, 0.3) is 22.6 Å². The van der Waals surface area contributed by atoms with Crippen LogP contribution in [-0.2, 0) is 0 Å². The third-order valence-electron chi connectivity index (χ3n) is 5.94. The molecule has 0 saturated heterocycles. The number of hydrogen-bond donors (Lipinski definition) is 2. The highest BCUT2D eigenvalue weighted by Crippen LogP contribution is 2.32. The number of benzene rings is 3. The van der Waals surface area contributed by atoms with Crippen LogP contribution in [-0.4, -0.2) is 23.1 Å². The molecule has 1 aromatic heterocycles. The molecule has 0 aliphatic heterocycles. The van der Waals surface area contributed by atoms with Gasteiger partial charge in [-0.3, -0.25) is 10.1 Å². The summed E-state index contributed by atoms with van der Waals surface area (Å²) in [6.07, 6.45) is 1.05. The zero-order valence-electron chi connectivity index (χ0n) is 19.9. The molecule has 0 radical (unpaired) electrons. The van der Waals surface area contributed by atoms with Crippen LogP contribution in [0.3, 0.4) is 0 Å². The second kappa shape index (κ2) is 10.5. The van der Waals surface area contributed by atoms with E-state index in [1.807, 2.05) is 25.1 Å². The number of ether oxygens (including phenoxy) is 1. The minimum Gasteiger partial charge on any atom is -0.496 e. The van der Waals surface area contributed by atoms with Crippen molar-refractivity contribution in [3.8, 4) is 17.2 Å². The van der Waals surface area contributed by atoms with Crippen LogP contribution in [0.4, 0.5) is 5.69 Å². The minimum absolute atomic E-state index is 0.105. The molecule has 0 aliphatic carbocycles. The number of oxazole rings is 1. The van der Waals surface area contributed by atoms with E-state index in [0.717, 1.165) is 23.1 Å². The normalized spacial score (nSPS) is 11.8. The number of carbonyl (C=O) groups excluding carboxylic acids is 1. The maximum atomic E-state index is 12.8. The van der Waals surface area contributed by atoms with E-state index in [9.17, 15) is 4.79 Å². The van der Waals surface area contributed by atoms with Crippen LogP contribution in [0, 0.1) is 6.92 Å². The third kappa shape index (κ3) is 5.31. The first kappa shape index (κ1) is 24.7. The van der Waals surface area contributed by atoms with E-state index in [4.69, 9.17) is 33.0 Å². The summed E-state index contributed by atoms with van der Waals surface area (Å²) in [6, 6.07) is 16.8. The van der Waals surface area contributed by atoms with Crippen LogP contribution in [0.5, 0.6) is 5.75 Å². The molecule has 1 unspecified atom stereocenters. The molecule has 0 aliphatic rings. The van der Waals surface area contributed by atoms with Crippen molar-refractivity contribution < 1.29 is 13.9 Å². The van der Waals surface area contributed by atoms with Gasteiger partial charge >= 0.3 is 0 Å². The van der Waals surface area contributed by atoms with Crippen molar-refractivity contribution in [3.63, 3.8) is 0 Å². The van der Waals surface area contributed by atoms with Crippen molar-refractivity contribution in [3.05, 3.63) is 76.3 Å². The molecule has 0 spiro atoms. The van der Waals surface area contributed by atoms with Gasteiger partial charge in [0, 0.05) is 5.56 Å². The Morgan fingerprint density at radius 2 is 2.00 bits per heavy atom. The van der Waals surface area contributed by atoms with Crippen LogP contribution in [0.2, 0.25) is 5.02 Å². The molecule has 1 atom stereocenters. The number of halogens is 1. The summed E-state index contributed by atoms with van der Waals surface area (Å²) in [7, 11) is 1.53. The number of fused-ring (bicyclic) bond motifs is 1. The van der Waals surface area contributed by atoms with Gasteiger partial charge in [0.2, 0.25) is 5.89 Å². The molecule has 2 N–H and O–H groups in total. The van der Waals surface area contributed by atoms with Gasteiger partial charge in [0.25, 0.3) is 5.91 Å². The summed E-state index contributed by atoms with van der Waals surface area (Å²) in [5, 5.41) is 6.22. The molecule has 4 aromatic rings. The second-order valence-corrected chi connectivity index (χ2v) is 9.13. The Morgan fingerprint density at radius 3 is 2.74 bits per heavy atom. The minimum atomic E-state index is -0.383. The largest absolute Gasteiger partial charge is 0.496 e. The Morgan fingerprint density at radius 1 is 1.20 bits per heavy atom. The highest BCUT2D eigenvalue weighted by atomic mass is 35.5. The number of para-hydroxylation sites is 1. The van der Waals surface area contributed by atoms with Crippen LogP contribution >= 0.6 is 23.8 Å². The number of nitrogens with one attached hydrogen (secondary N) is 2. The van der Waals surface area contributed by atoms with Crippen molar-refractivity contribution in [2.75, 3.05) is 12.4 Å². The summed E-state index contributed by atoms with van der Waals surface area (Å²) < 4.78 is 11.4. The number of nitrogens with zero attached hydrogens (tertiary/aromatic N) is 1. The molecule has 6 nitrogen and oxygen atoms in total. The Balaban J connectivity index is 1.54. The first-order valence-corrected chi connectivity index (χ1v) is 12.1. The molecule has 4 rings (SSSR count). The van der Waals surface area contributed by atoms with Crippen LogP contribution in [0.15, 0.2) is 59.0 Å². The maximum Gasteiger partial charge on any atom is 0.261 e. The lowest BCUT2D eigenvalue weighted by Crippen LogP contribution is -2.34. The van der Waals surface area contributed by atoms with Crippen LogP contribution < -0.4 is 15.4 Å². The van der Waals surface area contributed by atoms with Crippen molar-refractivity contribution >= 4 is 51.6 Å². The topological polar surface area (TPSA) is 76.4 Å². The smallest absolute Gasteiger partial charge is 0.261 e. The standard InChI is InChI=1S/C27H26ClN3O3S/c1-5-15(2)17-10-12-23-22(13-17)29-26(34-23)18-9-11-20(28)21(14-18)30-27(35)31-25(32)19-8-6-7-16(3)24(19)33-4/h6-15H,5H2,1-4H3,(H2,30,31,32,35). The van der Waals surface area contributed by atoms with Gasteiger partial charge in [-0.2, -0.15) is 0 Å². The molecule has 3 aromatic carbocycles. The number of anilines is 1. The zero-order chi connectivity index (χ0) is 25.1. The summed E-state index contributed by atoms with van der Waals surface area (Å²) in [4.78, 5) is 17.4. The Hall–Kier alpha value is -3.42. The SMILES string of the molecule is CCC(C)c1ccc2oc(-c3ccc(Cl)c(NC(=S)NC(=O)c4cccc(C)c4OC)c3)nc2c1. The fraction of sp³-hybridized carbons (Fsp3) is 0.222. The number of hydrogen-bond acceptors (Lipinski definition) is 5. The van der Waals surface area contributed by atoms with Gasteiger partial charge in [0.1, 0.15) is 11.3 Å². The van der Waals surface area contributed by atoms with Gasteiger partial charge in [-0.15, -0.1) is 0 Å². The quantitative estimate of drug-likeness (QED) is 0.271. The fourth-order valence-electron chi connectivity index (χ4n) is 3.79. The lowest BCUT2D eigenvalue weighted by molar-refractivity contribution is 0.0974. The average Bonchev–Trinajstić information content (AvgIpc) is 3.28. The molecular weight excluding hydrogens is 482 g/mol. The first-order chi connectivity index (χ1) is 16.8. The molecule has 0 saturated carbocycles. The highest BCUT2D eigenvalue weighted by Gasteiger charge is 2.17. The number of methoxy groups -OCH3 is 1. The van der Waals surface area contributed by atoms with Gasteiger partial charge in [-0.05, 0) is 79.0 Å². The highest BCUT2D eigenvalue weighted by molar-refractivity contribution is 7.80. The predicted molar refractivity (Wildman–Crippen MR) is 145 cm³/mol. The van der Waals surface area contributed by atoms with E-state index in [1.165, 1.54) is 12.7 Å². The van der Waals surface area contributed by atoms with Crippen LogP contribution in [0.1, 0.15) is 47.7 Å². The summed E-state index contributed by atoms with van der Waals surface area (Å²) in [5.74, 6) is 1.04. The molecule has 8 heteroatoms. The Kier molecular flexibility index (Phi) is 7.38. The molecule has 0 bridgehead atoms. The molecule has 180 valence electrons. The first-order valence-electron chi connectivity index (χ1n) is 11.3. The van der Waals surface area contributed by atoms with Gasteiger partial charge in [-0.25, -0.2) is 4.98 Å². The van der Waals surface area contributed by atoms with E-state index in [1.54, 1.807) is 24.3 Å². The van der Waals surface area contributed by atoms with E-state index in [2.05, 4.69) is 41.6 Å². The van der Waals surface area contributed by atoms with E-state index in [0.29, 0.717) is 39.4 Å². The van der Waals surface area contributed by atoms with Crippen molar-refractivity contribution in [1.29, 1.82) is 0 Å². The Labute approximate surface area is 214 Å².